The van der Waals surface area contributed by atoms with Gasteiger partial charge in [0.1, 0.15) is 5.65 Å². The monoisotopic (exact) mass is 315 g/mol. The zero-order valence-corrected chi connectivity index (χ0v) is 13.4. The van der Waals surface area contributed by atoms with E-state index in [-0.39, 0.29) is 5.56 Å². The molecule has 0 aliphatic heterocycles. The van der Waals surface area contributed by atoms with E-state index in [1.54, 1.807) is 10.5 Å². The second-order valence-electron chi connectivity index (χ2n) is 5.90. The number of benzene rings is 2. The Balaban J connectivity index is 1.67. The van der Waals surface area contributed by atoms with Gasteiger partial charge in [-0.3, -0.25) is 9.20 Å². The number of nitrogens with zero attached hydrogens (tertiary/aromatic N) is 2. The van der Waals surface area contributed by atoms with Crippen molar-refractivity contribution in [3.63, 3.8) is 0 Å². The summed E-state index contributed by atoms with van der Waals surface area (Å²) in [4.78, 5) is 16.8. The molecule has 24 heavy (non-hydrogen) atoms. The van der Waals surface area contributed by atoms with Gasteiger partial charge in [0.2, 0.25) is 0 Å². The van der Waals surface area contributed by atoms with Crippen LogP contribution in [0.3, 0.4) is 0 Å². The van der Waals surface area contributed by atoms with Crippen molar-refractivity contribution < 1.29 is 0 Å². The minimum Gasteiger partial charge on any atom is -0.379 e. The van der Waals surface area contributed by atoms with Gasteiger partial charge in [0.25, 0.3) is 5.56 Å². The Morgan fingerprint density at radius 1 is 1.04 bits per heavy atom. The summed E-state index contributed by atoms with van der Waals surface area (Å²) in [6.07, 6.45) is 1.81. The van der Waals surface area contributed by atoms with Gasteiger partial charge in [-0.25, -0.2) is 4.98 Å². The summed E-state index contributed by atoms with van der Waals surface area (Å²) in [7, 11) is 0. The van der Waals surface area contributed by atoms with Gasteiger partial charge in [-0.2, -0.15) is 0 Å². The van der Waals surface area contributed by atoms with Crippen molar-refractivity contribution in [1.29, 1.82) is 0 Å². The number of anilines is 1. The number of pyridine rings is 1. The molecule has 2 aromatic heterocycles. The van der Waals surface area contributed by atoms with Crippen molar-refractivity contribution in [3.05, 3.63) is 88.5 Å². The summed E-state index contributed by atoms with van der Waals surface area (Å²) in [6.45, 7) is 2.47. The number of hydrogen-bond donors (Lipinski definition) is 1. The van der Waals surface area contributed by atoms with Gasteiger partial charge >= 0.3 is 0 Å². The molecule has 118 valence electrons. The third-order valence-electron chi connectivity index (χ3n) is 4.11. The Hall–Kier alpha value is -3.14. The van der Waals surface area contributed by atoms with Crippen LogP contribution in [-0.2, 0) is 6.54 Å². The molecule has 0 atom stereocenters. The highest BCUT2D eigenvalue weighted by Crippen LogP contribution is 2.23. The summed E-state index contributed by atoms with van der Waals surface area (Å²) in [5.41, 5.74) is 3.42. The lowest BCUT2D eigenvalue weighted by atomic mass is 10.1. The zero-order valence-electron chi connectivity index (χ0n) is 13.4. The fourth-order valence-electron chi connectivity index (χ4n) is 2.91. The molecule has 0 spiro atoms. The minimum atomic E-state index is -0.0570. The van der Waals surface area contributed by atoms with E-state index in [4.69, 9.17) is 0 Å². The van der Waals surface area contributed by atoms with Gasteiger partial charge < -0.3 is 5.32 Å². The van der Waals surface area contributed by atoms with Gasteiger partial charge in [0.15, 0.2) is 0 Å². The van der Waals surface area contributed by atoms with Crippen molar-refractivity contribution >= 4 is 22.1 Å². The van der Waals surface area contributed by atoms with Crippen LogP contribution < -0.4 is 10.9 Å². The summed E-state index contributed by atoms with van der Waals surface area (Å²) in [6, 6.07) is 19.8. The van der Waals surface area contributed by atoms with Crippen LogP contribution in [0, 0.1) is 6.92 Å². The fraction of sp³-hybridized carbons (Fsp3) is 0.100. The molecule has 0 bridgehead atoms. The summed E-state index contributed by atoms with van der Waals surface area (Å²) < 4.78 is 1.58. The normalized spacial score (nSPS) is 11.0. The Labute approximate surface area is 139 Å². The third-order valence-corrected chi connectivity index (χ3v) is 4.11. The highest BCUT2D eigenvalue weighted by atomic mass is 16.1. The van der Waals surface area contributed by atoms with Crippen LogP contribution in [0.25, 0.3) is 16.4 Å². The van der Waals surface area contributed by atoms with Gasteiger partial charge in [0, 0.05) is 23.3 Å². The molecule has 4 aromatic rings. The number of fused-ring (bicyclic) bond motifs is 2. The first-order chi connectivity index (χ1) is 11.7. The van der Waals surface area contributed by atoms with Crippen LogP contribution in [0.2, 0.25) is 0 Å². The van der Waals surface area contributed by atoms with E-state index in [2.05, 4.69) is 28.5 Å². The lowest BCUT2D eigenvalue weighted by molar-refractivity contribution is 0.966. The van der Waals surface area contributed by atoms with Crippen LogP contribution in [0.4, 0.5) is 5.69 Å². The molecule has 0 aliphatic carbocycles. The fourth-order valence-corrected chi connectivity index (χ4v) is 2.91. The van der Waals surface area contributed by atoms with E-state index < -0.39 is 0 Å². The summed E-state index contributed by atoms with van der Waals surface area (Å²) >= 11 is 0. The van der Waals surface area contributed by atoms with E-state index in [9.17, 15) is 4.79 Å². The predicted octanol–water partition coefficient (Wildman–Crippen LogP) is 3.77. The molecule has 0 amide bonds. The molecule has 0 fully saturated rings. The van der Waals surface area contributed by atoms with Gasteiger partial charge in [0.05, 0.1) is 12.2 Å². The molecule has 0 radical (unpaired) electrons. The smallest absolute Gasteiger partial charge is 0.258 e. The largest absolute Gasteiger partial charge is 0.379 e. The van der Waals surface area contributed by atoms with E-state index in [1.165, 1.54) is 5.39 Å². The molecule has 0 saturated carbocycles. The molecule has 2 aromatic carbocycles. The molecule has 4 heteroatoms. The second kappa shape index (κ2) is 5.81. The zero-order chi connectivity index (χ0) is 16.5. The van der Waals surface area contributed by atoms with Crippen LogP contribution in [-0.4, -0.2) is 9.38 Å². The topological polar surface area (TPSA) is 46.4 Å². The number of aromatic nitrogens is 2. The Morgan fingerprint density at radius 2 is 1.88 bits per heavy atom. The van der Waals surface area contributed by atoms with Crippen LogP contribution in [0.15, 0.2) is 71.7 Å². The maximum Gasteiger partial charge on any atom is 0.258 e. The standard InChI is InChI=1S/C20H17N3O/c1-14-9-10-19-22-16(11-20(24)23(19)13-14)12-21-18-8-4-6-15-5-2-3-7-17(15)18/h2-11,13,21H,12H2,1H3. The Morgan fingerprint density at radius 3 is 2.79 bits per heavy atom. The van der Waals surface area contributed by atoms with Crippen molar-refractivity contribution in [1.82, 2.24) is 9.38 Å². The van der Waals surface area contributed by atoms with Crippen molar-refractivity contribution in [2.24, 2.45) is 0 Å². The minimum absolute atomic E-state index is 0.0570. The van der Waals surface area contributed by atoms with Gasteiger partial charge in [-0.1, -0.05) is 42.5 Å². The molecular formula is C20H17N3O. The van der Waals surface area contributed by atoms with Gasteiger partial charge in [-0.05, 0) is 30.0 Å². The highest BCUT2D eigenvalue weighted by Gasteiger charge is 2.04. The average molecular weight is 315 g/mol. The summed E-state index contributed by atoms with van der Waals surface area (Å²) in [5, 5.41) is 5.74. The van der Waals surface area contributed by atoms with E-state index in [1.807, 2.05) is 49.5 Å². The van der Waals surface area contributed by atoms with Crippen LogP contribution in [0.5, 0.6) is 0 Å². The van der Waals surface area contributed by atoms with Crippen LogP contribution >= 0.6 is 0 Å². The number of aryl methyl sites for hydroxylation is 1. The van der Waals surface area contributed by atoms with Crippen molar-refractivity contribution in [3.8, 4) is 0 Å². The maximum absolute atomic E-state index is 12.3. The maximum atomic E-state index is 12.3. The second-order valence-corrected chi connectivity index (χ2v) is 5.90. The highest BCUT2D eigenvalue weighted by molar-refractivity contribution is 5.93. The first-order valence-electron chi connectivity index (χ1n) is 7.91. The average Bonchev–Trinajstić information content (AvgIpc) is 2.60. The third kappa shape index (κ3) is 2.63. The van der Waals surface area contributed by atoms with Gasteiger partial charge in [-0.15, -0.1) is 0 Å². The Kier molecular flexibility index (Phi) is 3.50. The predicted molar refractivity (Wildman–Crippen MR) is 97.5 cm³/mol. The molecule has 2 heterocycles. The summed E-state index contributed by atoms with van der Waals surface area (Å²) in [5.74, 6) is 0. The molecule has 0 saturated heterocycles. The first-order valence-corrected chi connectivity index (χ1v) is 7.91. The SMILES string of the molecule is Cc1ccc2nc(CNc3cccc4ccccc34)cc(=O)n2c1. The lowest BCUT2D eigenvalue weighted by Crippen LogP contribution is -2.17. The number of hydrogen-bond acceptors (Lipinski definition) is 3. The first kappa shape index (κ1) is 14.5. The van der Waals surface area contributed by atoms with Crippen molar-refractivity contribution in [2.45, 2.75) is 13.5 Å². The molecule has 4 nitrogen and oxygen atoms in total. The van der Waals surface area contributed by atoms with E-state index in [0.29, 0.717) is 12.2 Å². The molecule has 4 rings (SSSR count). The molecule has 1 N–H and O–H groups in total. The Bertz CT molecular complexity index is 1090. The van der Waals surface area contributed by atoms with Crippen LogP contribution in [0.1, 0.15) is 11.3 Å². The quantitative estimate of drug-likeness (QED) is 0.626. The molecular weight excluding hydrogens is 298 g/mol. The van der Waals surface area contributed by atoms with E-state index >= 15 is 0 Å². The van der Waals surface area contributed by atoms with E-state index in [0.717, 1.165) is 22.3 Å². The lowest BCUT2D eigenvalue weighted by Gasteiger charge is -2.10. The van der Waals surface area contributed by atoms with Crippen molar-refractivity contribution in [2.75, 3.05) is 5.32 Å². The molecule has 0 aliphatic rings. The molecule has 0 unspecified atom stereocenters. The number of nitrogens with one attached hydrogen (secondary N) is 1. The number of rotatable bonds is 3.